The maximum atomic E-state index is 12.6. The van der Waals surface area contributed by atoms with Gasteiger partial charge >= 0.3 is 12.0 Å². The molecule has 1 unspecified atom stereocenters. The Morgan fingerprint density at radius 2 is 1.76 bits per heavy atom. The number of nitrogens with one attached hydrogen (secondary N) is 3. The molecule has 1 atom stereocenters. The van der Waals surface area contributed by atoms with E-state index in [1.54, 1.807) is 31.2 Å². The summed E-state index contributed by atoms with van der Waals surface area (Å²) in [5.41, 5.74) is 3.34. The van der Waals surface area contributed by atoms with Gasteiger partial charge in [0.25, 0.3) is 0 Å². The smallest absolute Gasteiger partial charge is 0.319 e. The second-order valence-corrected chi connectivity index (χ2v) is 7.26. The Morgan fingerprint density at radius 3 is 2.36 bits per heavy atom. The number of hydrazone groups is 1. The number of nitrogens with zero attached hydrogens (tertiary/aromatic N) is 1. The summed E-state index contributed by atoms with van der Waals surface area (Å²) in [4.78, 5) is 36.5. The zero-order valence-corrected chi connectivity index (χ0v) is 19.0. The number of carbonyl (C=O) groups is 3. The highest BCUT2D eigenvalue weighted by Crippen LogP contribution is 2.19. The Balaban J connectivity index is 2.02. The summed E-state index contributed by atoms with van der Waals surface area (Å²) in [7, 11) is 0. The Kier molecular flexibility index (Phi) is 10.4. The summed E-state index contributed by atoms with van der Waals surface area (Å²) >= 11 is 0. The van der Waals surface area contributed by atoms with E-state index in [4.69, 9.17) is 10.6 Å². The molecule has 0 aromatic heterocycles. The van der Waals surface area contributed by atoms with Gasteiger partial charge in [0.15, 0.2) is 0 Å². The fourth-order valence-corrected chi connectivity index (χ4v) is 3.10. The topological polar surface area (TPSA) is 135 Å². The summed E-state index contributed by atoms with van der Waals surface area (Å²) in [6, 6.07) is 13.7. The summed E-state index contributed by atoms with van der Waals surface area (Å²) in [6.07, 6.45) is 2.50. The second-order valence-electron chi connectivity index (χ2n) is 7.26. The lowest BCUT2D eigenvalue weighted by atomic mass is 10.0. The molecule has 0 spiro atoms. The van der Waals surface area contributed by atoms with Crippen LogP contribution in [0.1, 0.15) is 49.4 Å². The molecule has 0 heterocycles. The normalized spacial score (nSPS) is 11.6. The molecule has 2 aromatic rings. The van der Waals surface area contributed by atoms with Gasteiger partial charge in [-0.3, -0.25) is 9.59 Å². The van der Waals surface area contributed by atoms with Crippen molar-refractivity contribution >= 4 is 29.8 Å². The molecule has 0 aliphatic rings. The van der Waals surface area contributed by atoms with Crippen LogP contribution in [0.4, 0.5) is 10.5 Å². The molecule has 5 N–H and O–H groups in total. The third-order valence-corrected chi connectivity index (χ3v) is 4.83. The highest BCUT2D eigenvalue weighted by molar-refractivity contribution is 5.90. The number of rotatable bonds is 11. The van der Waals surface area contributed by atoms with Crippen LogP contribution in [0, 0.1) is 0 Å². The number of carbonyl (C=O) groups excluding carboxylic acids is 3. The maximum absolute atomic E-state index is 12.6. The molecule has 2 rings (SSSR count). The predicted octanol–water partition coefficient (Wildman–Crippen LogP) is 2.86. The number of hydrogen-bond acceptors (Lipinski definition) is 6. The summed E-state index contributed by atoms with van der Waals surface area (Å²) < 4.78 is 4.86. The van der Waals surface area contributed by atoms with E-state index in [0.29, 0.717) is 12.3 Å². The Labute approximate surface area is 193 Å². The first-order valence-corrected chi connectivity index (χ1v) is 10.9. The van der Waals surface area contributed by atoms with E-state index in [-0.39, 0.29) is 31.3 Å². The molecule has 9 heteroatoms. The van der Waals surface area contributed by atoms with Crippen molar-refractivity contribution in [2.75, 3.05) is 18.5 Å². The minimum Gasteiger partial charge on any atom is -0.466 e. The number of nitrogens with two attached hydrogens (primary N) is 1. The van der Waals surface area contributed by atoms with Crippen LogP contribution in [0.25, 0.3) is 0 Å². The molecule has 0 fully saturated rings. The standard InChI is InChI=1S/C24H31N5O4/c1-3-17-5-9-19(10-6-17)21(15-22(30)26-14-13-23(31)33-4-2)29-24(32)28-20-11-7-18(8-12-20)16-27-25/h5-12,16,21H,3-4,13-15,25H2,1-2H3,(H,26,30)(H2,28,29,32). The molecule has 0 aliphatic carbocycles. The molecule has 0 saturated carbocycles. The van der Waals surface area contributed by atoms with Crippen molar-refractivity contribution in [1.29, 1.82) is 0 Å². The van der Waals surface area contributed by atoms with E-state index < -0.39 is 12.1 Å². The van der Waals surface area contributed by atoms with E-state index in [9.17, 15) is 14.4 Å². The van der Waals surface area contributed by atoms with Gasteiger partial charge in [0.1, 0.15) is 0 Å². The number of amides is 3. The minimum absolute atomic E-state index is 0.0214. The number of aryl methyl sites for hydroxylation is 1. The summed E-state index contributed by atoms with van der Waals surface area (Å²) in [5.74, 6) is 4.49. The summed E-state index contributed by atoms with van der Waals surface area (Å²) in [6.45, 7) is 4.25. The molecule has 33 heavy (non-hydrogen) atoms. The van der Waals surface area contributed by atoms with E-state index in [0.717, 1.165) is 23.1 Å². The van der Waals surface area contributed by atoms with Gasteiger partial charge < -0.3 is 26.5 Å². The van der Waals surface area contributed by atoms with Crippen LogP contribution in [0.2, 0.25) is 0 Å². The second kappa shape index (κ2) is 13.5. The fraction of sp³-hybridized carbons (Fsp3) is 0.333. The van der Waals surface area contributed by atoms with Gasteiger partial charge in [-0.2, -0.15) is 5.10 Å². The van der Waals surface area contributed by atoms with Crippen molar-refractivity contribution < 1.29 is 19.1 Å². The predicted molar refractivity (Wildman–Crippen MR) is 128 cm³/mol. The van der Waals surface area contributed by atoms with Crippen molar-refractivity contribution in [3.05, 3.63) is 65.2 Å². The SMILES string of the molecule is CCOC(=O)CCNC(=O)CC(NC(=O)Nc1ccc(C=NN)cc1)c1ccc(CC)cc1. The van der Waals surface area contributed by atoms with Crippen molar-refractivity contribution in [2.45, 2.75) is 39.2 Å². The van der Waals surface area contributed by atoms with Crippen LogP contribution in [-0.4, -0.2) is 37.3 Å². The lowest BCUT2D eigenvalue weighted by molar-refractivity contribution is -0.143. The number of ether oxygens (including phenoxy) is 1. The first kappa shape index (κ1) is 25.4. The number of anilines is 1. The number of urea groups is 1. The molecule has 9 nitrogen and oxygen atoms in total. The van der Waals surface area contributed by atoms with Crippen LogP contribution in [0.5, 0.6) is 0 Å². The molecular formula is C24H31N5O4. The first-order chi connectivity index (χ1) is 15.9. The monoisotopic (exact) mass is 453 g/mol. The van der Waals surface area contributed by atoms with E-state index in [2.05, 4.69) is 28.0 Å². The van der Waals surface area contributed by atoms with Gasteiger partial charge in [-0.15, -0.1) is 0 Å². The molecule has 0 radical (unpaired) electrons. The van der Waals surface area contributed by atoms with Gasteiger partial charge in [-0.05, 0) is 42.2 Å². The molecule has 3 amide bonds. The Bertz CT molecular complexity index is 942. The van der Waals surface area contributed by atoms with Crippen LogP contribution in [0.3, 0.4) is 0 Å². The zero-order chi connectivity index (χ0) is 24.1. The average Bonchev–Trinajstić information content (AvgIpc) is 2.80. The van der Waals surface area contributed by atoms with Crippen molar-refractivity contribution in [3.63, 3.8) is 0 Å². The first-order valence-electron chi connectivity index (χ1n) is 10.9. The van der Waals surface area contributed by atoms with E-state index in [1.807, 2.05) is 24.3 Å². The molecular weight excluding hydrogens is 422 g/mol. The van der Waals surface area contributed by atoms with Crippen molar-refractivity contribution in [1.82, 2.24) is 10.6 Å². The van der Waals surface area contributed by atoms with E-state index in [1.165, 1.54) is 6.21 Å². The molecule has 2 aromatic carbocycles. The fourth-order valence-electron chi connectivity index (χ4n) is 3.10. The lowest BCUT2D eigenvalue weighted by Crippen LogP contribution is -2.36. The number of esters is 1. The number of benzene rings is 2. The van der Waals surface area contributed by atoms with Gasteiger partial charge in [0.05, 0.1) is 31.7 Å². The molecule has 0 aliphatic heterocycles. The largest absolute Gasteiger partial charge is 0.466 e. The molecule has 0 saturated heterocycles. The van der Waals surface area contributed by atoms with E-state index >= 15 is 0 Å². The van der Waals surface area contributed by atoms with Gasteiger partial charge in [-0.25, -0.2) is 4.79 Å². The average molecular weight is 454 g/mol. The maximum Gasteiger partial charge on any atom is 0.319 e. The Morgan fingerprint density at radius 1 is 1.06 bits per heavy atom. The van der Waals surface area contributed by atoms with Crippen LogP contribution in [-0.2, 0) is 20.7 Å². The third kappa shape index (κ3) is 9.02. The molecule has 0 bridgehead atoms. The minimum atomic E-state index is -0.554. The third-order valence-electron chi connectivity index (χ3n) is 4.83. The highest BCUT2D eigenvalue weighted by atomic mass is 16.5. The van der Waals surface area contributed by atoms with Gasteiger partial charge in [0.2, 0.25) is 5.91 Å². The van der Waals surface area contributed by atoms with Crippen molar-refractivity contribution in [2.24, 2.45) is 10.9 Å². The van der Waals surface area contributed by atoms with Crippen molar-refractivity contribution in [3.8, 4) is 0 Å². The van der Waals surface area contributed by atoms with Crippen LogP contribution in [0.15, 0.2) is 53.6 Å². The quantitative estimate of drug-likeness (QED) is 0.180. The Hall–Kier alpha value is -3.88. The zero-order valence-electron chi connectivity index (χ0n) is 19.0. The van der Waals surface area contributed by atoms with Crippen LogP contribution < -0.4 is 21.8 Å². The lowest BCUT2D eigenvalue weighted by Gasteiger charge is -2.20. The van der Waals surface area contributed by atoms with Crippen LogP contribution >= 0.6 is 0 Å². The highest BCUT2D eigenvalue weighted by Gasteiger charge is 2.19. The summed E-state index contributed by atoms with van der Waals surface area (Å²) in [5, 5.41) is 11.8. The van der Waals surface area contributed by atoms with Gasteiger partial charge in [-0.1, -0.05) is 43.3 Å². The number of hydrogen-bond donors (Lipinski definition) is 4. The van der Waals surface area contributed by atoms with Gasteiger partial charge in [0, 0.05) is 12.2 Å². The molecule has 176 valence electrons.